The van der Waals surface area contributed by atoms with Crippen molar-refractivity contribution in [1.82, 2.24) is 15.2 Å². The maximum Gasteiger partial charge on any atom is 0.268 e. The van der Waals surface area contributed by atoms with Gasteiger partial charge in [-0.1, -0.05) is 0 Å². The van der Waals surface area contributed by atoms with Gasteiger partial charge in [0, 0.05) is 19.3 Å². The van der Waals surface area contributed by atoms with Gasteiger partial charge in [-0.25, -0.2) is 8.78 Å². The van der Waals surface area contributed by atoms with Gasteiger partial charge >= 0.3 is 0 Å². The highest BCUT2D eigenvalue weighted by Crippen LogP contribution is 2.07. The molecular weight excluding hydrogens is 216 g/mol. The van der Waals surface area contributed by atoms with E-state index in [0.717, 1.165) is 13.1 Å². The molecular formula is C10H13F2N3O. The minimum atomic E-state index is -2.45. The molecule has 0 unspecified atom stereocenters. The number of halogens is 2. The van der Waals surface area contributed by atoms with Crippen molar-refractivity contribution in [2.45, 2.75) is 19.0 Å². The fraction of sp³-hybridized carbons (Fsp3) is 0.500. The molecule has 0 aliphatic carbocycles. The van der Waals surface area contributed by atoms with E-state index in [1.807, 2.05) is 0 Å². The third-order valence-electron chi connectivity index (χ3n) is 2.51. The Labute approximate surface area is 91.6 Å². The molecule has 16 heavy (non-hydrogen) atoms. The predicted molar refractivity (Wildman–Crippen MR) is 54.6 cm³/mol. The van der Waals surface area contributed by atoms with Gasteiger partial charge in [-0.2, -0.15) is 0 Å². The molecule has 2 N–H and O–H groups in total. The highest BCUT2D eigenvalue weighted by atomic mass is 19.3. The third-order valence-corrected chi connectivity index (χ3v) is 2.51. The van der Waals surface area contributed by atoms with Crippen LogP contribution in [0.4, 0.5) is 8.78 Å². The second-order valence-corrected chi connectivity index (χ2v) is 3.77. The first-order chi connectivity index (χ1) is 7.66. The van der Waals surface area contributed by atoms with Crippen LogP contribution in [0.25, 0.3) is 0 Å². The van der Waals surface area contributed by atoms with Crippen molar-refractivity contribution >= 4 is 5.91 Å². The average molecular weight is 229 g/mol. The maximum atomic E-state index is 12.2. The molecule has 0 bridgehead atoms. The molecule has 88 valence electrons. The molecule has 2 heterocycles. The second kappa shape index (κ2) is 4.61. The average Bonchev–Trinajstić information content (AvgIpc) is 2.58. The quantitative estimate of drug-likeness (QED) is 0.787. The summed E-state index contributed by atoms with van der Waals surface area (Å²) in [4.78, 5) is 11.7. The van der Waals surface area contributed by atoms with Crippen molar-refractivity contribution in [3.8, 4) is 0 Å². The Kier molecular flexibility index (Phi) is 3.19. The van der Waals surface area contributed by atoms with Crippen LogP contribution in [0, 0.1) is 0 Å². The summed E-state index contributed by atoms with van der Waals surface area (Å²) in [5.41, 5.74) is 0.284. The first kappa shape index (κ1) is 11.1. The lowest BCUT2D eigenvalue weighted by Crippen LogP contribution is -2.57. The molecule has 1 aromatic rings. The molecule has 2 rings (SSSR count). The Balaban J connectivity index is 2.01. The van der Waals surface area contributed by atoms with Gasteiger partial charge in [0.05, 0.1) is 12.6 Å². The summed E-state index contributed by atoms with van der Waals surface area (Å²) < 4.78 is 25.7. The van der Waals surface area contributed by atoms with Crippen LogP contribution in [-0.4, -0.2) is 36.0 Å². The lowest BCUT2D eigenvalue weighted by atomic mass is 10.2. The van der Waals surface area contributed by atoms with Crippen molar-refractivity contribution in [1.29, 1.82) is 0 Å². The molecule has 1 aromatic heterocycles. The Bertz CT molecular complexity index is 374. The zero-order chi connectivity index (χ0) is 11.5. The lowest BCUT2D eigenvalue weighted by molar-refractivity contribution is 0.0901. The molecule has 0 radical (unpaired) electrons. The van der Waals surface area contributed by atoms with Crippen LogP contribution >= 0.6 is 0 Å². The van der Waals surface area contributed by atoms with Crippen molar-refractivity contribution in [3.05, 3.63) is 24.0 Å². The van der Waals surface area contributed by atoms with Crippen LogP contribution in [0.5, 0.6) is 0 Å². The molecule has 0 spiro atoms. The minimum Gasteiger partial charge on any atom is -0.345 e. The first-order valence-electron chi connectivity index (χ1n) is 5.11. The Morgan fingerprint density at radius 2 is 2.38 bits per heavy atom. The molecule has 4 nitrogen and oxygen atoms in total. The van der Waals surface area contributed by atoms with Crippen molar-refractivity contribution in [2.75, 3.05) is 13.1 Å². The summed E-state index contributed by atoms with van der Waals surface area (Å²) in [5, 5.41) is 5.78. The van der Waals surface area contributed by atoms with Crippen LogP contribution in [0.3, 0.4) is 0 Å². The molecule has 1 aliphatic rings. The van der Waals surface area contributed by atoms with E-state index >= 15 is 0 Å². The van der Waals surface area contributed by atoms with E-state index in [9.17, 15) is 13.6 Å². The van der Waals surface area contributed by atoms with E-state index in [4.69, 9.17) is 0 Å². The van der Waals surface area contributed by atoms with Crippen LogP contribution in [0.2, 0.25) is 0 Å². The number of nitrogens with one attached hydrogen (secondary N) is 2. The highest BCUT2D eigenvalue weighted by Gasteiger charge is 2.21. The third kappa shape index (κ3) is 2.38. The first-order valence-corrected chi connectivity index (χ1v) is 5.11. The topological polar surface area (TPSA) is 46.1 Å². The van der Waals surface area contributed by atoms with E-state index < -0.39 is 13.0 Å². The van der Waals surface area contributed by atoms with Crippen LogP contribution < -0.4 is 10.6 Å². The molecule has 1 amide bonds. The van der Waals surface area contributed by atoms with E-state index in [-0.39, 0.29) is 17.6 Å². The van der Waals surface area contributed by atoms with Crippen molar-refractivity contribution in [2.24, 2.45) is 0 Å². The van der Waals surface area contributed by atoms with E-state index in [1.54, 1.807) is 12.1 Å². The number of carbonyl (C=O) groups excluding carboxylic acids is 1. The minimum absolute atomic E-state index is 0.113. The van der Waals surface area contributed by atoms with Crippen molar-refractivity contribution in [3.63, 3.8) is 0 Å². The predicted octanol–water partition coefficient (Wildman–Crippen LogP) is 0.455. The standard InChI is InChI=1S/C10H13F2N3O/c11-9(12)6-15-3-1-2-8(15)10(16)14-7-4-13-5-7/h1-3,7,9,13H,4-6H2,(H,14,16). The number of alkyl halides is 2. The van der Waals surface area contributed by atoms with Gasteiger partial charge in [0.15, 0.2) is 0 Å². The zero-order valence-electron chi connectivity index (χ0n) is 8.62. The van der Waals surface area contributed by atoms with E-state index in [2.05, 4.69) is 10.6 Å². The zero-order valence-corrected chi connectivity index (χ0v) is 8.62. The monoisotopic (exact) mass is 229 g/mol. The number of aromatic nitrogens is 1. The van der Waals surface area contributed by atoms with Crippen LogP contribution in [-0.2, 0) is 6.54 Å². The summed E-state index contributed by atoms with van der Waals surface area (Å²) in [7, 11) is 0. The van der Waals surface area contributed by atoms with Gasteiger partial charge in [0.2, 0.25) is 0 Å². The fourth-order valence-electron chi connectivity index (χ4n) is 1.58. The Morgan fingerprint density at radius 3 is 2.94 bits per heavy atom. The molecule has 1 aliphatic heterocycles. The fourth-order valence-corrected chi connectivity index (χ4v) is 1.58. The van der Waals surface area contributed by atoms with E-state index in [1.165, 1.54) is 10.8 Å². The van der Waals surface area contributed by atoms with Gasteiger partial charge in [0.1, 0.15) is 5.69 Å². The normalized spacial score (nSPS) is 16.2. The van der Waals surface area contributed by atoms with Gasteiger partial charge in [-0.05, 0) is 12.1 Å². The lowest BCUT2D eigenvalue weighted by Gasteiger charge is -2.28. The SMILES string of the molecule is O=C(NC1CNC1)c1cccn1CC(F)F. The summed E-state index contributed by atoms with van der Waals surface area (Å²) in [6.07, 6.45) is -0.968. The second-order valence-electron chi connectivity index (χ2n) is 3.77. The van der Waals surface area contributed by atoms with Gasteiger partial charge in [0.25, 0.3) is 12.3 Å². The number of hydrogen-bond donors (Lipinski definition) is 2. The number of amides is 1. The molecule has 6 heteroatoms. The molecule has 1 saturated heterocycles. The summed E-state index contributed by atoms with van der Waals surface area (Å²) in [6.45, 7) is 1.03. The van der Waals surface area contributed by atoms with Crippen molar-refractivity contribution < 1.29 is 13.6 Å². The van der Waals surface area contributed by atoms with Gasteiger partial charge in [-0.3, -0.25) is 4.79 Å². The number of carbonyl (C=O) groups is 1. The summed E-state index contributed by atoms with van der Waals surface area (Å²) in [6, 6.07) is 3.25. The van der Waals surface area contributed by atoms with Gasteiger partial charge in [-0.15, -0.1) is 0 Å². The summed E-state index contributed by atoms with van der Waals surface area (Å²) >= 11 is 0. The largest absolute Gasteiger partial charge is 0.345 e. The molecule has 0 aromatic carbocycles. The van der Waals surface area contributed by atoms with Crippen LogP contribution in [0.1, 0.15) is 10.5 Å². The summed E-state index contributed by atoms with van der Waals surface area (Å²) in [5.74, 6) is -0.294. The van der Waals surface area contributed by atoms with Crippen LogP contribution in [0.15, 0.2) is 18.3 Å². The number of hydrogen-bond acceptors (Lipinski definition) is 2. The highest BCUT2D eigenvalue weighted by molar-refractivity contribution is 5.93. The maximum absolute atomic E-state index is 12.2. The number of nitrogens with zero attached hydrogens (tertiary/aromatic N) is 1. The van der Waals surface area contributed by atoms with E-state index in [0.29, 0.717) is 0 Å². The molecule has 0 atom stereocenters. The Hall–Kier alpha value is -1.43. The molecule has 0 saturated carbocycles. The smallest absolute Gasteiger partial charge is 0.268 e. The Morgan fingerprint density at radius 1 is 1.62 bits per heavy atom. The van der Waals surface area contributed by atoms with Gasteiger partial charge < -0.3 is 15.2 Å². The number of rotatable bonds is 4. The molecule has 1 fully saturated rings.